The molecule has 1 unspecified atom stereocenters. The molecule has 1 aliphatic heterocycles. The summed E-state index contributed by atoms with van der Waals surface area (Å²) in [4.78, 5) is 15.1. The number of nitrogens with one attached hydrogen (secondary N) is 1. The predicted octanol–water partition coefficient (Wildman–Crippen LogP) is 3.12. The second kappa shape index (κ2) is 7.08. The number of carbonyl (C=O) groups excluding carboxylic acids is 1. The molecule has 0 aromatic heterocycles. The summed E-state index contributed by atoms with van der Waals surface area (Å²) in [5.74, 6) is 0.321. The number of hydrogen-bond donors (Lipinski definition) is 1. The van der Waals surface area contributed by atoms with Crippen molar-refractivity contribution in [2.45, 2.75) is 46.6 Å². The van der Waals surface area contributed by atoms with Crippen molar-refractivity contribution in [3.63, 3.8) is 0 Å². The number of carbonyl (C=O) groups is 1. The van der Waals surface area contributed by atoms with Crippen molar-refractivity contribution in [2.24, 2.45) is 5.41 Å². The molecule has 1 atom stereocenters. The fraction of sp³-hybridized carbons (Fsp3) is 0.611. The van der Waals surface area contributed by atoms with E-state index in [1.165, 1.54) is 11.1 Å². The summed E-state index contributed by atoms with van der Waals surface area (Å²) in [7, 11) is 0. The largest absolute Gasteiger partial charge is 0.338 e. The molecule has 1 fully saturated rings. The van der Waals surface area contributed by atoms with Gasteiger partial charge in [0.2, 0.25) is 5.91 Å². The van der Waals surface area contributed by atoms with Crippen LogP contribution in [0.2, 0.25) is 0 Å². The van der Waals surface area contributed by atoms with E-state index >= 15 is 0 Å². The van der Waals surface area contributed by atoms with E-state index in [9.17, 15) is 4.79 Å². The van der Waals surface area contributed by atoms with Crippen molar-refractivity contribution in [2.75, 3.05) is 19.6 Å². The average molecular weight is 288 g/mol. The molecule has 1 saturated heterocycles. The number of benzene rings is 1. The fourth-order valence-electron chi connectivity index (χ4n) is 3.30. The summed E-state index contributed by atoms with van der Waals surface area (Å²) in [6.45, 7) is 9.68. The van der Waals surface area contributed by atoms with Gasteiger partial charge in [-0.15, -0.1) is 0 Å². The highest BCUT2D eigenvalue weighted by molar-refractivity contribution is 5.83. The molecule has 1 N–H and O–H groups in total. The fourth-order valence-corrected chi connectivity index (χ4v) is 3.30. The molecule has 1 amide bonds. The highest BCUT2D eigenvalue weighted by Crippen LogP contribution is 2.32. The molecule has 1 aromatic rings. The third kappa shape index (κ3) is 3.65. The van der Waals surface area contributed by atoms with Crippen molar-refractivity contribution in [3.8, 4) is 0 Å². The van der Waals surface area contributed by atoms with Crippen molar-refractivity contribution in [1.29, 1.82) is 0 Å². The van der Waals surface area contributed by atoms with Crippen LogP contribution in [0.4, 0.5) is 0 Å². The van der Waals surface area contributed by atoms with Gasteiger partial charge in [-0.1, -0.05) is 36.8 Å². The number of aryl methyl sites for hydroxylation is 1. The molecule has 0 radical (unpaired) electrons. The van der Waals surface area contributed by atoms with E-state index < -0.39 is 0 Å². The first kappa shape index (κ1) is 16.0. The van der Waals surface area contributed by atoms with E-state index in [-0.39, 0.29) is 5.41 Å². The van der Waals surface area contributed by atoms with Crippen LogP contribution in [0.5, 0.6) is 0 Å². The van der Waals surface area contributed by atoms with Gasteiger partial charge >= 0.3 is 0 Å². The Morgan fingerprint density at radius 3 is 2.76 bits per heavy atom. The minimum atomic E-state index is -0.196. The van der Waals surface area contributed by atoms with Crippen molar-refractivity contribution in [3.05, 3.63) is 35.4 Å². The van der Waals surface area contributed by atoms with E-state index in [4.69, 9.17) is 0 Å². The zero-order valence-electron chi connectivity index (χ0n) is 13.6. The lowest BCUT2D eigenvalue weighted by Gasteiger charge is -2.39. The predicted molar refractivity (Wildman–Crippen MR) is 87.1 cm³/mol. The van der Waals surface area contributed by atoms with Crippen LogP contribution in [-0.2, 0) is 11.3 Å². The molecule has 1 heterocycles. The van der Waals surface area contributed by atoms with Crippen LogP contribution in [0.15, 0.2) is 24.3 Å². The highest BCUT2D eigenvalue weighted by atomic mass is 16.2. The van der Waals surface area contributed by atoms with Gasteiger partial charge in [0.15, 0.2) is 0 Å². The lowest BCUT2D eigenvalue weighted by atomic mass is 9.77. The van der Waals surface area contributed by atoms with Gasteiger partial charge in [0, 0.05) is 19.6 Å². The number of amides is 1. The maximum atomic E-state index is 13.1. The van der Waals surface area contributed by atoms with E-state index in [0.717, 1.165) is 45.4 Å². The lowest BCUT2D eigenvalue weighted by Crippen LogP contribution is -2.51. The minimum Gasteiger partial charge on any atom is -0.338 e. The van der Waals surface area contributed by atoms with Crippen LogP contribution in [0.1, 0.15) is 44.2 Å². The van der Waals surface area contributed by atoms with E-state index in [1.54, 1.807) is 0 Å². The van der Waals surface area contributed by atoms with Gasteiger partial charge in [0.25, 0.3) is 0 Å². The maximum absolute atomic E-state index is 13.1. The van der Waals surface area contributed by atoms with Crippen molar-refractivity contribution >= 4 is 5.91 Å². The number of nitrogens with zero attached hydrogens (tertiary/aromatic N) is 1. The third-order valence-electron chi connectivity index (χ3n) is 4.73. The van der Waals surface area contributed by atoms with Crippen LogP contribution in [0.25, 0.3) is 0 Å². The van der Waals surface area contributed by atoms with Gasteiger partial charge in [-0.3, -0.25) is 4.79 Å². The standard InChI is InChI=1S/C18H28N2O/c1-4-18(10-7-11-19-14-18)17(21)20(5-2)13-16-9-6-8-15(3)12-16/h6,8-9,12,19H,4-5,7,10-11,13-14H2,1-3H3. The second-order valence-corrected chi connectivity index (χ2v) is 6.22. The zero-order valence-corrected chi connectivity index (χ0v) is 13.6. The Labute approximate surface area is 128 Å². The summed E-state index contributed by atoms with van der Waals surface area (Å²) in [6.07, 6.45) is 3.03. The Morgan fingerprint density at radius 2 is 2.19 bits per heavy atom. The van der Waals surface area contributed by atoms with Gasteiger partial charge in [0.05, 0.1) is 5.41 Å². The topological polar surface area (TPSA) is 32.3 Å². The average Bonchev–Trinajstić information content (AvgIpc) is 2.52. The molecule has 2 rings (SSSR count). The smallest absolute Gasteiger partial charge is 0.230 e. The van der Waals surface area contributed by atoms with Gasteiger partial charge < -0.3 is 10.2 Å². The molecule has 0 spiro atoms. The molecule has 0 bridgehead atoms. The lowest BCUT2D eigenvalue weighted by molar-refractivity contribution is -0.144. The Bertz CT molecular complexity index is 478. The Kier molecular flexibility index (Phi) is 5.40. The van der Waals surface area contributed by atoms with Crippen LogP contribution in [0, 0.1) is 12.3 Å². The third-order valence-corrected chi connectivity index (χ3v) is 4.73. The summed E-state index contributed by atoms with van der Waals surface area (Å²) < 4.78 is 0. The number of hydrogen-bond acceptors (Lipinski definition) is 2. The van der Waals surface area contributed by atoms with Gasteiger partial charge in [-0.2, -0.15) is 0 Å². The molecule has 3 nitrogen and oxygen atoms in total. The van der Waals surface area contributed by atoms with Crippen LogP contribution < -0.4 is 5.32 Å². The Morgan fingerprint density at radius 1 is 1.38 bits per heavy atom. The van der Waals surface area contributed by atoms with Crippen molar-refractivity contribution < 1.29 is 4.79 Å². The minimum absolute atomic E-state index is 0.196. The SMILES string of the molecule is CCN(Cc1cccc(C)c1)C(=O)C1(CC)CCCNC1. The van der Waals surface area contributed by atoms with Gasteiger partial charge in [-0.25, -0.2) is 0 Å². The van der Waals surface area contributed by atoms with Gasteiger partial charge in [-0.05, 0) is 45.2 Å². The van der Waals surface area contributed by atoms with Crippen LogP contribution in [-0.4, -0.2) is 30.4 Å². The van der Waals surface area contributed by atoms with Crippen LogP contribution in [0.3, 0.4) is 0 Å². The van der Waals surface area contributed by atoms with Gasteiger partial charge in [0.1, 0.15) is 0 Å². The van der Waals surface area contributed by atoms with E-state index in [2.05, 4.69) is 50.4 Å². The van der Waals surface area contributed by atoms with E-state index in [1.807, 2.05) is 4.90 Å². The molecule has 116 valence electrons. The molecule has 0 saturated carbocycles. The summed E-state index contributed by atoms with van der Waals surface area (Å²) >= 11 is 0. The second-order valence-electron chi connectivity index (χ2n) is 6.22. The quantitative estimate of drug-likeness (QED) is 0.903. The first-order valence-electron chi connectivity index (χ1n) is 8.17. The number of piperidine rings is 1. The summed E-state index contributed by atoms with van der Waals surface area (Å²) in [5, 5.41) is 3.41. The van der Waals surface area contributed by atoms with Crippen LogP contribution >= 0.6 is 0 Å². The monoisotopic (exact) mass is 288 g/mol. The first-order valence-corrected chi connectivity index (χ1v) is 8.17. The van der Waals surface area contributed by atoms with Crippen molar-refractivity contribution in [1.82, 2.24) is 10.2 Å². The Balaban J connectivity index is 2.14. The molecule has 0 aliphatic carbocycles. The Hall–Kier alpha value is -1.35. The number of rotatable bonds is 5. The molecule has 1 aromatic carbocycles. The molecule has 1 aliphatic rings. The molecular formula is C18H28N2O. The summed E-state index contributed by atoms with van der Waals surface area (Å²) in [6, 6.07) is 8.45. The zero-order chi connectivity index (χ0) is 15.3. The highest BCUT2D eigenvalue weighted by Gasteiger charge is 2.40. The maximum Gasteiger partial charge on any atom is 0.230 e. The van der Waals surface area contributed by atoms with E-state index in [0.29, 0.717) is 5.91 Å². The summed E-state index contributed by atoms with van der Waals surface area (Å²) in [5.41, 5.74) is 2.28. The molecular weight excluding hydrogens is 260 g/mol. The molecule has 3 heteroatoms. The normalized spacial score (nSPS) is 22.0. The first-order chi connectivity index (χ1) is 10.1. The molecule has 21 heavy (non-hydrogen) atoms.